The van der Waals surface area contributed by atoms with E-state index in [1.165, 1.54) is 6.07 Å². The third-order valence-electron chi connectivity index (χ3n) is 6.32. The Morgan fingerprint density at radius 2 is 2.09 bits per heavy atom. The molecule has 0 bridgehead atoms. The van der Waals surface area contributed by atoms with Gasteiger partial charge in [0.25, 0.3) is 0 Å². The molecule has 3 heterocycles. The molecule has 1 atom stereocenters. The Morgan fingerprint density at radius 1 is 1.23 bits per heavy atom. The molecule has 1 aliphatic carbocycles. The molecule has 1 unspecified atom stereocenters. The Hall–Kier alpha value is -3.96. The number of benzene rings is 1. The molecule has 1 fully saturated rings. The van der Waals surface area contributed by atoms with Gasteiger partial charge in [0.2, 0.25) is 5.95 Å². The molecule has 3 aromatic rings. The summed E-state index contributed by atoms with van der Waals surface area (Å²) >= 11 is 0. The van der Waals surface area contributed by atoms with E-state index in [2.05, 4.69) is 33.3 Å². The molecule has 0 amide bonds. The number of aromatic amines is 1. The number of halogens is 1. The Labute approximate surface area is 203 Å². The summed E-state index contributed by atoms with van der Waals surface area (Å²) in [5.74, 6) is 0.264. The molecule has 0 radical (unpaired) electrons. The van der Waals surface area contributed by atoms with Crippen LogP contribution in [-0.2, 0) is 0 Å². The predicted molar refractivity (Wildman–Crippen MR) is 135 cm³/mol. The Morgan fingerprint density at radius 3 is 2.89 bits per heavy atom. The maximum absolute atomic E-state index is 14.8. The molecule has 1 aliphatic heterocycles. The zero-order chi connectivity index (χ0) is 24.2. The molecule has 5 rings (SSSR count). The molecule has 35 heavy (non-hydrogen) atoms. The quantitative estimate of drug-likeness (QED) is 0.505. The number of aromatic nitrogens is 3. The van der Waals surface area contributed by atoms with Crippen molar-refractivity contribution in [2.24, 2.45) is 5.92 Å². The minimum Gasteiger partial charge on any atom is -0.487 e. The van der Waals surface area contributed by atoms with Gasteiger partial charge in [-0.15, -0.1) is 0 Å². The molecule has 0 saturated carbocycles. The van der Waals surface area contributed by atoms with E-state index in [9.17, 15) is 4.39 Å². The van der Waals surface area contributed by atoms with Crippen LogP contribution < -0.4 is 10.1 Å². The third-order valence-corrected chi connectivity index (χ3v) is 6.32. The average molecular weight is 471 g/mol. The first-order chi connectivity index (χ1) is 17.1. The van der Waals surface area contributed by atoms with Crippen molar-refractivity contribution in [3.05, 3.63) is 72.4 Å². The van der Waals surface area contributed by atoms with Crippen LogP contribution in [0.2, 0.25) is 0 Å². The summed E-state index contributed by atoms with van der Waals surface area (Å²) in [6.45, 7) is 1.90. The lowest BCUT2D eigenvalue weighted by atomic mass is 10.0. The van der Waals surface area contributed by atoms with E-state index in [4.69, 9.17) is 15.0 Å². The van der Waals surface area contributed by atoms with Crippen LogP contribution in [0.15, 0.2) is 60.8 Å². The summed E-state index contributed by atoms with van der Waals surface area (Å²) < 4.78 is 20.7. The van der Waals surface area contributed by atoms with Crippen molar-refractivity contribution >= 4 is 28.2 Å². The van der Waals surface area contributed by atoms with Crippen LogP contribution in [0, 0.1) is 23.1 Å². The number of likely N-dealkylation sites (tertiary alicyclic amines) is 1. The number of nitrogens with zero attached hydrogens (tertiary/aromatic N) is 4. The maximum atomic E-state index is 14.8. The summed E-state index contributed by atoms with van der Waals surface area (Å²) in [7, 11) is 2.08. The Kier molecular flexibility index (Phi) is 6.59. The van der Waals surface area contributed by atoms with Crippen molar-refractivity contribution in [3.8, 4) is 11.8 Å². The Balaban J connectivity index is 1.37. The second kappa shape index (κ2) is 10.1. The molecule has 0 spiro atoms. The van der Waals surface area contributed by atoms with Crippen LogP contribution in [0.25, 0.3) is 16.6 Å². The standard InChI is InChI=1S/C27H27FN6O/c1-34-15-11-21(12-16-34)35-24-8-7-20(17-23(24)28)31-27-32-25(22-10-14-30-26(22)33-27)19-4-2-3-18(5-6-19)9-13-29/h2-8,10,14,17-18,21H,9,11-12,15-16H2,1H3,(H2,30,31,32,33). The van der Waals surface area contributed by atoms with Crippen molar-refractivity contribution in [2.45, 2.75) is 25.4 Å². The van der Waals surface area contributed by atoms with E-state index in [1.807, 2.05) is 42.6 Å². The van der Waals surface area contributed by atoms with E-state index in [1.54, 1.807) is 12.1 Å². The predicted octanol–water partition coefficient (Wildman–Crippen LogP) is 5.35. The number of nitriles is 1. The van der Waals surface area contributed by atoms with Gasteiger partial charge >= 0.3 is 0 Å². The molecule has 8 heteroatoms. The monoisotopic (exact) mass is 470 g/mol. The van der Waals surface area contributed by atoms with Crippen molar-refractivity contribution < 1.29 is 9.13 Å². The van der Waals surface area contributed by atoms with Crippen molar-refractivity contribution in [1.29, 1.82) is 5.26 Å². The second-order valence-corrected chi connectivity index (χ2v) is 8.92. The van der Waals surface area contributed by atoms with Crippen LogP contribution in [0.1, 0.15) is 25.0 Å². The van der Waals surface area contributed by atoms with Crippen LogP contribution in [0.5, 0.6) is 5.75 Å². The molecule has 7 nitrogen and oxygen atoms in total. The highest BCUT2D eigenvalue weighted by molar-refractivity contribution is 5.92. The number of rotatable bonds is 6. The summed E-state index contributed by atoms with van der Waals surface area (Å²) in [5, 5.41) is 13.0. The van der Waals surface area contributed by atoms with Crippen LogP contribution >= 0.6 is 0 Å². The number of allylic oxidation sites excluding steroid dienone is 6. The highest BCUT2D eigenvalue weighted by Crippen LogP contribution is 2.29. The number of nitrogens with one attached hydrogen (secondary N) is 2. The van der Waals surface area contributed by atoms with Gasteiger partial charge in [0.1, 0.15) is 11.8 Å². The molecule has 1 aromatic carbocycles. The third kappa shape index (κ3) is 5.26. The summed E-state index contributed by atoms with van der Waals surface area (Å²) in [4.78, 5) is 14.7. The lowest BCUT2D eigenvalue weighted by molar-refractivity contribution is 0.110. The van der Waals surface area contributed by atoms with Gasteiger partial charge in [-0.05, 0) is 38.1 Å². The molecular weight excluding hydrogens is 443 g/mol. The summed E-state index contributed by atoms with van der Waals surface area (Å²) in [5.41, 5.74) is 2.87. The van der Waals surface area contributed by atoms with Crippen molar-refractivity contribution in [3.63, 3.8) is 0 Å². The van der Waals surface area contributed by atoms with Crippen LogP contribution in [-0.4, -0.2) is 46.1 Å². The number of ether oxygens (including phenoxy) is 1. The number of hydrogen-bond donors (Lipinski definition) is 2. The van der Waals surface area contributed by atoms with E-state index in [0.717, 1.165) is 42.6 Å². The van der Waals surface area contributed by atoms with Crippen molar-refractivity contribution in [2.75, 3.05) is 25.5 Å². The first-order valence-corrected chi connectivity index (χ1v) is 11.8. The zero-order valence-corrected chi connectivity index (χ0v) is 19.5. The summed E-state index contributed by atoms with van der Waals surface area (Å²) in [6.07, 6.45) is 14.0. The van der Waals surface area contributed by atoms with Crippen LogP contribution in [0.3, 0.4) is 0 Å². The number of hydrogen-bond acceptors (Lipinski definition) is 6. The minimum atomic E-state index is -0.418. The van der Waals surface area contributed by atoms with Gasteiger partial charge in [0, 0.05) is 54.3 Å². The molecule has 2 N–H and O–H groups in total. The fourth-order valence-corrected chi connectivity index (χ4v) is 4.35. The maximum Gasteiger partial charge on any atom is 0.229 e. The van der Waals surface area contributed by atoms with E-state index >= 15 is 0 Å². The Bertz CT molecular complexity index is 1340. The number of fused-ring (bicyclic) bond motifs is 1. The smallest absolute Gasteiger partial charge is 0.229 e. The molecular formula is C27H27FN6O. The number of anilines is 2. The topological polar surface area (TPSA) is 89.9 Å². The first kappa shape index (κ1) is 22.8. The normalized spacial score (nSPS) is 18.8. The van der Waals surface area contributed by atoms with Gasteiger partial charge < -0.3 is 19.9 Å². The van der Waals surface area contributed by atoms with Gasteiger partial charge in [0.05, 0.1) is 11.8 Å². The van der Waals surface area contributed by atoms with Crippen LogP contribution in [0.4, 0.5) is 16.0 Å². The van der Waals surface area contributed by atoms with Crippen molar-refractivity contribution in [1.82, 2.24) is 19.9 Å². The lowest BCUT2D eigenvalue weighted by Crippen LogP contribution is -2.35. The van der Waals surface area contributed by atoms with Gasteiger partial charge in [-0.1, -0.05) is 30.4 Å². The van der Waals surface area contributed by atoms with E-state index in [-0.39, 0.29) is 17.8 Å². The lowest BCUT2D eigenvalue weighted by Gasteiger charge is -2.29. The molecule has 2 aliphatic rings. The van der Waals surface area contributed by atoms with Gasteiger partial charge in [-0.3, -0.25) is 0 Å². The molecule has 1 saturated heterocycles. The minimum absolute atomic E-state index is 0.0309. The second-order valence-electron chi connectivity index (χ2n) is 8.92. The number of H-pyrrole nitrogens is 1. The molecule has 178 valence electrons. The highest BCUT2D eigenvalue weighted by Gasteiger charge is 2.20. The highest BCUT2D eigenvalue weighted by atomic mass is 19.1. The fourth-order valence-electron chi connectivity index (χ4n) is 4.35. The first-order valence-electron chi connectivity index (χ1n) is 11.8. The van der Waals surface area contributed by atoms with Gasteiger partial charge in [-0.2, -0.15) is 10.2 Å². The fraction of sp³-hybridized carbons (Fsp3) is 0.296. The van der Waals surface area contributed by atoms with E-state index in [0.29, 0.717) is 23.7 Å². The summed E-state index contributed by atoms with van der Waals surface area (Å²) in [6, 6.07) is 8.97. The molecule has 2 aromatic heterocycles. The SMILES string of the molecule is CN1CCC(Oc2ccc(Nc3nc(C4=CC=CC(CC#N)C=C4)c4cc[nH]c4n3)cc2F)CC1. The largest absolute Gasteiger partial charge is 0.487 e. The average Bonchev–Trinajstić information content (AvgIpc) is 3.20. The van der Waals surface area contributed by atoms with Gasteiger partial charge in [-0.25, -0.2) is 9.37 Å². The zero-order valence-electron chi connectivity index (χ0n) is 19.5. The van der Waals surface area contributed by atoms with E-state index < -0.39 is 5.82 Å². The number of piperidine rings is 1. The van der Waals surface area contributed by atoms with Gasteiger partial charge in [0.15, 0.2) is 11.6 Å².